The summed E-state index contributed by atoms with van der Waals surface area (Å²) in [6.07, 6.45) is 0. The molecule has 4 aromatic carbocycles. The first kappa shape index (κ1) is 38.0. The van der Waals surface area contributed by atoms with Crippen molar-refractivity contribution in [3.63, 3.8) is 0 Å². The normalized spacial score (nSPS) is 13.6. The van der Waals surface area contributed by atoms with Crippen molar-refractivity contribution in [2.24, 2.45) is 0 Å². The average molecular weight is 681 g/mol. The van der Waals surface area contributed by atoms with E-state index in [1.165, 1.54) is 55.3 Å². The quantitative estimate of drug-likeness (QED) is 0.189. The van der Waals surface area contributed by atoms with Gasteiger partial charge in [-0.2, -0.15) is 0 Å². The molecule has 0 spiro atoms. The van der Waals surface area contributed by atoms with Crippen LogP contribution >= 0.6 is 0 Å². The van der Waals surface area contributed by atoms with Crippen LogP contribution in [0, 0.1) is 0 Å². The van der Waals surface area contributed by atoms with Gasteiger partial charge in [0.05, 0.1) is 0 Å². The predicted octanol–water partition coefficient (Wildman–Crippen LogP) is 13.8. The predicted molar refractivity (Wildman–Crippen MR) is 218 cm³/mol. The van der Waals surface area contributed by atoms with E-state index in [0.29, 0.717) is 0 Å². The van der Waals surface area contributed by atoms with Crippen molar-refractivity contribution in [1.82, 2.24) is 0 Å². The molecule has 0 saturated carbocycles. The Hall–Kier alpha value is -2.83. The maximum Gasteiger partial charge on any atom is 0.242 e. The van der Waals surface area contributed by atoms with E-state index in [9.17, 15) is 0 Å². The summed E-state index contributed by atoms with van der Waals surface area (Å²) < 4.78 is 13.9. The molecule has 0 aliphatic rings. The molecule has 0 radical (unpaired) electrons. The van der Waals surface area contributed by atoms with Crippen LogP contribution in [-0.4, -0.2) is 16.6 Å². The molecule has 2 nitrogen and oxygen atoms in total. The van der Waals surface area contributed by atoms with Gasteiger partial charge in [0.15, 0.2) is 0 Å². The molecule has 0 heterocycles. The maximum atomic E-state index is 6.95. The van der Waals surface area contributed by atoms with E-state index in [2.05, 4.69) is 183 Å². The van der Waals surface area contributed by atoms with Gasteiger partial charge in [0.2, 0.25) is 16.6 Å². The third-order valence-electron chi connectivity index (χ3n) is 8.75. The standard InChI is InChI=1S/C44H64O2Si2/c1-41(2,3)34-25-30(26-35(42(4,5)6)39(34)45-47(13,14)15)32-23-19-21-29-22-20-24-33(38(29)32)31-27-36(43(7,8)9)40(46-48(16,17)18)37(28-31)44(10,11)12/h19-28H,1-18H3. The third-order valence-corrected chi connectivity index (χ3v) is 10.4. The lowest BCUT2D eigenvalue weighted by molar-refractivity contribution is 0.477. The lowest BCUT2D eigenvalue weighted by atomic mass is 9.76. The van der Waals surface area contributed by atoms with Gasteiger partial charge in [-0.1, -0.05) is 119 Å². The molecule has 48 heavy (non-hydrogen) atoms. The molecule has 0 aliphatic heterocycles. The molecule has 0 atom stereocenters. The molecule has 0 amide bonds. The first-order valence-electron chi connectivity index (χ1n) is 17.9. The molecule has 260 valence electrons. The van der Waals surface area contributed by atoms with Crippen LogP contribution in [-0.2, 0) is 21.7 Å². The molecule has 4 rings (SSSR count). The Morgan fingerprint density at radius 1 is 0.417 bits per heavy atom. The minimum atomic E-state index is -1.88. The van der Waals surface area contributed by atoms with Crippen LogP contribution in [0.2, 0.25) is 39.3 Å². The third kappa shape index (κ3) is 8.48. The van der Waals surface area contributed by atoms with E-state index < -0.39 is 16.6 Å². The monoisotopic (exact) mass is 680 g/mol. The second kappa shape index (κ2) is 12.5. The largest absolute Gasteiger partial charge is 0.544 e. The van der Waals surface area contributed by atoms with Gasteiger partial charge in [-0.3, -0.25) is 0 Å². The molecule has 4 heteroatoms. The molecular weight excluding hydrogens is 617 g/mol. The Morgan fingerprint density at radius 3 is 0.917 bits per heavy atom. The van der Waals surface area contributed by atoms with Crippen molar-refractivity contribution in [1.29, 1.82) is 0 Å². The minimum absolute atomic E-state index is 0.0895. The summed E-state index contributed by atoms with van der Waals surface area (Å²) in [6.45, 7) is 41.5. The SMILES string of the molecule is CC(C)(C)c1cc(-c2cccc3cccc(-c4cc(C(C)(C)C)c(O[Si](C)(C)C)c(C(C)(C)C)c4)c23)cc(C(C)(C)C)c1O[Si](C)(C)C. The Bertz CT molecular complexity index is 1610. The van der Waals surface area contributed by atoms with Crippen LogP contribution < -0.4 is 8.85 Å². The topological polar surface area (TPSA) is 18.5 Å². The first-order chi connectivity index (χ1) is 21.6. The van der Waals surface area contributed by atoms with Crippen LogP contribution in [0.3, 0.4) is 0 Å². The summed E-state index contributed by atoms with van der Waals surface area (Å²) in [7, 11) is -3.76. The molecule has 4 aromatic rings. The van der Waals surface area contributed by atoms with Gasteiger partial charge >= 0.3 is 0 Å². The van der Waals surface area contributed by atoms with Crippen molar-refractivity contribution >= 4 is 27.4 Å². The molecule has 0 bridgehead atoms. The van der Waals surface area contributed by atoms with Crippen molar-refractivity contribution in [2.45, 2.75) is 144 Å². The smallest absolute Gasteiger partial charge is 0.242 e. The number of rotatable bonds is 6. The highest BCUT2D eigenvalue weighted by Gasteiger charge is 2.33. The number of hydrogen-bond acceptors (Lipinski definition) is 2. The fourth-order valence-corrected chi connectivity index (χ4v) is 8.12. The van der Waals surface area contributed by atoms with Gasteiger partial charge in [-0.25, -0.2) is 0 Å². The minimum Gasteiger partial charge on any atom is -0.544 e. The fourth-order valence-electron chi connectivity index (χ4n) is 6.45. The molecule has 0 saturated heterocycles. The Morgan fingerprint density at radius 2 is 0.688 bits per heavy atom. The average Bonchev–Trinajstić information content (AvgIpc) is 2.88. The molecule has 0 fully saturated rings. The highest BCUT2D eigenvalue weighted by atomic mass is 28.4. The van der Waals surface area contributed by atoms with E-state index in [1.807, 2.05) is 0 Å². The van der Waals surface area contributed by atoms with Gasteiger partial charge in [0, 0.05) is 0 Å². The van der Waals surface area contributed by atoms with Crippen LogP contribution in [0.5, 0.6) is 11.5 Å². The molecule has 0 unspecified atom stereocenters. The fraction of sp³-hybridized carbons (Fsp3) is 0.500. The van der Waals surface area contributed by atoms with Crippen molar-refractivity contribution < 1.29 is 8.85 Å². The highest BCUT2D eigenvalue weighted by Crippen LogP contribution is 2.48. The van der Waals surface area contributed by atoms with Crippen LogP contribution in [0.4, 0.5) is 0 Å². The summed E-state index contributed by atoms with van der Waals surface area (Å²) >= 11 is 0. The summed E-state index contributed by atoms with van der Waals surface area (Å²) in [5.74, 6) is 2.17. The van der Waals surface area contributed by atoms with Crippen LogP contribution in [0.1, 0.15) is 105 Å². The zero-order chi connectivity index (χ0) is 36.4. The van der Waals surface area contributed by atoms with Gasteiger partial charge < -0.3 is 8.85 Å². The maximum absolute atomic E-state index is 6.95. The van der Waals surface area contributed by atoms with Crippen molar-refractivity contribution in [3.05, 3.63) is 82.9 Å². The molecule has 0 aliphatic carbocycles. The lowest BCUT2D eigenvalue weighted by Crippen LogP contribution is -2.32. The van der Waals surface area contributed by atoms with Gasteiger partial charge in [-0.05, 0) is 140 Å². The lowest BCUT2D eigenvalue weighted by Gasteiger charge is -2.34. The second-order valence-corrected chi connectivity index (χ2v) is 28.8. The molecule has 0 N–H and O–H groups in total. The second-order valence-electron chi connectivity index (χ2n) is 19.9. The summed E-state index contributed by atoms with van der Waals surface area (Å²) in [6, 6.07) is 23.3. The van der Waals surface area contributed by atoms with Gasteiger partial charge in [0.25, 0.3) is 0 Å². The van der Waals surface area contributed by atoms with Gasteiger partial charge in [0.1, 0.15) is 11.5 Å². The zero-order valence-corrected chi connectivity index (χ0v) is 35.6. The Balaban J connectivity index is 2.16. The number of hydrogen-bond donors (Lipinski definition) is 0. The van der Waals surface area contributed by atoms with Crippen LogP contribution in [0.25, 0.3) is 33.0 Å². The summed E-state index contributed by atoms with van der Waals surface area (Å²) in [5, 5.41) is 2.54. The number of benzene rings is 4. The summed E-state index contributed by atoms with van der Waals surface area (Å²) in [5.41, 5.74) is 9.77. The molecular formula is C44H64O2Si2. The van der Waals surface area contributed by atoms with E-state index in [1.54, 1.807) is 0 Å². The van der Waals surface area contributed by atoms with Gasteiger partial charge in [-0.15, -0.1) is 0 Å². The van der Waals surface area contributed by atoms with Crippen LogP contribution in [0.15, 0.2) is 60.7 Å². The first-order valence-corrected chi connectivity index (χ1v) is 24.7. The van der Waals surface area contributed by atoms with E-state index in [0.717, 1.165) is 11.5 Å². The Labute approximate surface area is 295 Å². The van der Waals surface area contributed by atoms with E-state index in [4.69, 9.17) is 8.85 Å². The summed E-state index contributed by atoms with van der Waals surface area (Å²) in [4.78, 5) is 0. The highest BCUT2D eigenvalue weighted by molar-refractivity contribution is 6.70. The van der Waals surface area contributed by atoms with E-state index >= 15 is 0 Å². The van der Waals surface area contributed by atoms with E-state index in [-0.39, 0.29) is 21.7 Å². The Kier molecular flexibility index (Phi) is 9.89. The van der Waals surface area contributed by atoms with Crippen molar-refractivity contribution in [3.8, 4) is 33.8 Å². The molecule has 0 aromatic heterocycles. The van der Waals surface area contributed by atoms with Crippen molar-refractivity contribution in [2.75, 3.05) is 0 Å². The zero-order valence-electron chi connectivity index (χ0n) is 33.6. The number of fused-ring (bicyclic) bond motifs is 1.